The number of aromatic amines is 1. The number of fused-ring (bicyclic) bond motifs is 1. The predicted octanol–water partition coefficient (Wildman–Crippen LogP) is 3.93. The van der Waals surface area contributed by atoms with Gasteiger partial charge in [0.1, 0.15) is 0 Å². The van der Waals surface area contributed by atoms with Crippen molar-refractivity contribution in [1.29, 1.82) is 0 Å². The summed E-state index contributed by atoms with van der Waals surface area (Å²) in [6.45, 7) is 2.69. The van der Waals surface area contributed by atoms with Crippen LogP contribution < -0.4 is 4.90 Å². The molecule has 0 saturated heterocycles. The lowest BCUT2D eigenvalue weighted by Gasteiger charge is -2.31. The molecular formula is C20H20N4OS. The minimum atomic E-state index is -0.249. The summed E-state index contributed by atoms with van der Waals surface area (Å²) in [5.74, 6) is 0.823. The Morgan fingerprint density at radius 2 is 1.92 bits per heavy atom. The summed E-state index contributed by atoms with van der Waals surface area (Å²) in [5, 5.41) is 7.56. The van der Waals surface area contributed by atoms with Gasteiger partial charge in [-0.1, -0.05) is 60.3 Å². The van der Waals surface area contributed by atoms with Gasteiger partial charge in [-0.3, -0.25) is 9.89 Å². The van der Waals surface area contributed by atoms with Gasteiger partial charge in [-0.15, -0.1) is 5.10 Å². The molecule has 132 valence electrons. The van der Waals surface area contributed by atoms with Crippen LogP contribution in [0.1, 0.15) is 18.9 Å². The molecule has 5 nitrogen and oxygen atoms in total. The van der Waals surface area contributed by atoms with Gasteiger partial charge >= 0.3 is 0 Å². The minimum absolute atomic E-state index is 0.105. The number of aryl methyl sites for hydroxylation is 1. The van der Waals surface area contributed by atoms with E-state index in [4.69, 9.17) is 0 Å². The minimum Gasteiger partial charge on any atom is -0.311 e. The fraction of sp³-hybridized carbons (Fsp3) is 0.250. The Hall–Kier alpha value is -2.60. The van der Waals surface area contributed by atoms with Crippen LogP contribution in [0, 0.1) is 0 Å². The predicted molar refractivity (Wildman–Crippen MR) is 104 cm³/mol. The number of hydrogen-bond acceptors (Lipinski definition) is 4. The van der Waals surface area contributed by atoms with Crippen LogP contribution in [0.5, 0.6) is 0 Å². The van der Waals surface area contributed by atoms with E-state index in [1.54, 1.807) is 0 Å². The number of thioether (sulfide) groups is 1. The first-order chi connectivity index (χ1) is 12.7. The molecule has 1 aliphatic rings. The van der Waals surface area contributed by atoms with E-state index in [0.717, 1.165) is 36.5 Å². The van der Waals surface area contributed by atoms with Crippen LogP contribution in [-0.4, -0.2) is 32.9 Å². The molecular weight excluding hydrogens is 344 g/mol. The number of carbonyl (C=O) groups is 1. The maximum atomic E-state index is 13.0. The zero-order valence-electron chi connectivity index (χ0n) is 14.6. The number of para-hydroxylation sites is 1. The second kappa shape index (κ2) is 7.33. The van der Waals surface area contributed by atoms with Crippen molar-refractivity contribution in [3.05, 3.63) is 60.2 Å². The maximum Gasteiger partial charge on any atom is 0.240 e. The summed E-state index contributed by atoms with van der Waals surface area (Å²) in [6.07, 6.45) is 2.03. The zero-order valence-corrected chi connectivity index (χ0v) is 15.4. The molecule has 0 unspecified atom stereocenters. The number of anilines is 1. The van der Waals surface area contributed by atoms with Crippen molar-refractivity contribution < 1.29 is 4.79 Å². The first-order valence-corrected chi connectivity index (χ1v) is 9.64. The monoisotopic (exact) mass is 364 g/mol. The maximum absolute atomic E-state index is 13.0. The topological polar surface area (TPSA) is 61.9 Å². The Morgan fingerprint density at radius 1 is 1.15 bits per heavy atom. The van der Waals surface area contributed by atoms with Crippen LogP contribution in [0.25, 0.3) is 11.4 Å². The Balaban J connectivity index is 1.48. The Bertz CT molecular complexity index is 909. The molecule has 1 aliphatic heterocycles. The van der Waals surface area contributed by atoms with E-state index in [-0.39, 0.29) is 11.2 Å². The number of H-pyrrole nitrogens is 1. The zero-order chi connectivity index (χ0) is 17.9. The molecule has 3 aromatic rings. The summed E-state index contributed by atoms with van der Waals surface area (Å²) in [7, 11) is 0. The van der Waals surface area contributed by atoms with Gasteiger partial charge in [0.15, 0.2) is 5.82 Å². The summed E-state index contributed by atoms with van der Waals surface area (Å²) in [5.41, 5.74) is 3.26. The van der Waals surface area contributed by atoms with Crippen molar-refractivity contribution in [3.63, 3.8) is 0 Å². The van der Waals surface area contributed by atoms with Crippen molar-refractivity contribution in [1.82, 2.24) is 15.2 Å². The number of nitrogens with zero attached hydrogens (tertiary/aromatic N) is 3. The van der Waals surface area contributed by atoms with E-state index in [0.29, 0.717) is 5.16 Å². The molecule has 6 heteroatoms. The van der Waals surface area contributed by atoms with Gasteiger partial charge in [0, 0.05) is 17.8 Å². The van der Waals surface area contributed by atoms with E-state index in [1.165, 1.54) is 17.3 Å². The summed E-state index contributed by atoms with van der Waals surface area (Å²) >= 11 is 1.39. The fourth-order valence-corrected chi connectivity index (χ4v) is 4.00. The lowest BCUT2D eigenvalue weighted by atomic mass is 10.0. The standard InChI is InChI=1S/C20H20N4OS/c1-14(19(25)24-13-7-11-15-8-5-6-12-17(15)24)26-20-21-18(22-23-20)16-9-3-2-4-10-16/h2-6,8-10,12,14H,7,11,13H2,1H3,(H,21,22,23)/t14-/m0/s1. The molecule has 0 radical (unpaired) electrons. The largest absolute Gasteiger partial charge is 0.311 e. The Kier molecular flexibility index (Phi) is 4.75. The van der Waals surface area contributed by atoms with Crippen molar-refractivity contribution in [2.75, 3.05) is 11.4 Å². The smallest absolute Gasteiger partial charge is 0.240 e. The van der Waals surface area contributed by atoms with E-state index in [2.05, 4.69) is 21.2 Å². The van der Waals surface area contributed by atoms with Crippen molar-refractivity contribution in [2.45, 2.75) is 30.2 Å². The van der Waals surface area contributed by atoms with Crippen LogP contribution in [0.3, 0.4) is 0 Å². The molecule has 0 bridgehead atoms. The summed E-state index contributed by atoms with van der Waals surface area (Å²) < 4.78 is 0. The normalized spacial score (nSPS) is 14.7. The van der Waals surface area contributed by atoms with Gasteiger partial charge in [0.05, 0.1) is 5.25 Å². The SMILES string of the molecule is C[C@H](Sc1n[nH]c(-c2ccccc2)n1)C(=O)N1CCCc2ccccc21. The van der Waals surface area contributed by atoms with Crippen LogP contribution in [-0.2, 0) is 11.2 Å². The Morgan fingerprint density at radius 3 is 2.77 bits per heavy atom. The van der Waals surface area contributed by atoms with Gasteiger partial charge in [-0.2, -0.15) is 0 Å². The second-order valence-corrected chi connectivity index (χ2v) is 7.62. The number of rotatable bonds is 4. The molecule has 0 saturated carbocycles. The number of nitrogens with one attached hydrogen (secondary N) is 1. The Labute approximate surface area is 156 Å². The van der Waals surface area contributed by atoms with Crippen molar-refractivity contribution in [2.24, 2.45) is 0 Å². The van der Waals surface area contributed by atoms with Crippen molar-refractivity contribution in [3.8, 4) is 11.4 Å². The summed E-state index contributed by atoms with van der Waals surface area (Å²) in [6, 6.07) is 18.0. The molecule has 2 heterocycles. The van der Waals surface area contributed by atoms with Crippen LogP contribution in [0.2, 0.25) is 0 Å². The molecule has 0 fully saturated rings. The highest BCUT2D eigenvalue weighted by Crippen LogP contribution is 2.30. The number of benzene rings is 2. The van der Waals surface area contributed by atoms with Gasteiger partial charge in [-0.05, 0) is 31.4 Å². The highest BCUT2D eigenvalue weighted by Gasteiger charge is 2.27. The quantitative estimate of drug-likeness (QED) is 0.713. The number of carbonyl (C=O) groups excluding carboxylic acids is 1. The van der Waals surface area contributed by atoms with E-state index in [9.17, 15) is 4.79 Å². The van der Waals surface area contributed by atoms with E-state index >= 15 is 0 Å². The fourth-order valence-electron chi connectivity index (χ4n) is 3.21. The lowest BCUT2D eigenvalue weighted by molar-refractivity contribution is -0.117. The number of hydrogen-bond donors (Lipinski definition) is 1. The van der Waals surface area contributed by atoms with Crippen LogP contribution in [0.4, 0.5) is 5.69 Å². The van der Waals surface area contributed by atoms with Crippen molar-refractivity contribution >= 4 is 23.4 Å². The van der Waals surface area contributed by atoms with Gasteiger partial charge < -0.3 is 4.90 Å². The molecule has 2 aromatic carbocycles. The van der Waals surface area contributed by atoms with Crippen LogP contribution in [0.15, 0.2) is 59.8 Å². The van der Waals surface area contributed by atoms with Gasteiger partial charge in [0.25, 0.3) is 0 Å². The van der Waals surface area contributed by atoms with Gasteiger partial charge in [-0.25, -0.2) is 4.98 Å². The molecule has 0 aliphatic carbocycles. The average molecular weight is 364 g/mol. The third-order valence-electron chi connectivity index (χ3n) is 4.52. The molecule has 1 amide bonds. The third-order valence-corrected chi connectivity index (χ3v) is 5.47. The lowest BCUT2D eigenvalue weighted by Crippen LogP contribution is -2.40. The van der Waals surface area contributed by atoms with Crippen LogP contribution >= 0.6 is 11.8 Å². The van der Waals surface area contributed by atoms with Gasteiger partial charge in [0.2, 0.25) is 11.1 Å². The highest BCUT2D eigenvalue weighted by atomic mass is 32.2. The average Bonchev–Trinajstić information content (AvgIpc) is 3.16. The summed E-state index contributed by atoms with van der Waals surface area (Å²) in [4.78, 5) is 19.4. The third kappa shape index (κ3) is 3.37. The molecule has 4 rings (SSSR count). The molecule has 26 heavy (non-hydrogen) atoms. The second-order valence-electron chi connectivity index (χ2n) is 6.31. The highest BCUT2D eigenvalue weighted by molar-refractivity contribution is 8.00. The van der Waals surface area contributed by atoms with E-state index in [1.807, 2.05) is 60.4 Å². The molecule has 1 atom stereocenters. The first-order valence-electron chi connectivity index (χ1n) is 8.76. The number of aromatic nitrogens is 3. The number of amides is 1. The molecule has 1 aromatic heterocycles. The van der Waals surface area contributed by atoms with E-state index < -0.39 is 0 Å². The molecule has 0 spiro atoms. The first kappa shape index (κ1) is 16.8. The molecule has 1 N–H and O–H groups in total.